The molecule has 28 heavy (non-hydrogen) atoms. The smallest absolute Gasteiger partial charge is 0.347 e. The SMILES string of the molecule is Cc1nc(NC(=O)CCCC(=O)NCC(F)(F)F)sc1C#Cc1ccncc1. The lowest BCUT2D eigenvalue weighted by Crippen LogP contribution is -2.33. The van der Waals surface area contributed by atoms with Crippen LogP contribution in [0, 0.1) is 18.8 Å². The molecule has 0 aliphatic heterocycles. The minimum atomic E-state index is -4.45. The molecule has 0 saturated carbocycles. The van der Waals surface area contributed by atoms with Gasteiger partial charge >= 0.3 is 6.18 Å². The number of amides is 2. The number of alkyl halides is 3. The van der Waals surface area contributed by atoms with E-state index in [1.165, 1.54) is 11.3 Å². The van der Waals surface area contributed by atoms with Crippen LogP contribution in [-0.4, -0.2) is 34.5 Å². The van der Waals surface area contributed by atoms with Crippen molar-refractivity contribution >= 4 is 28.3 Å². The summed E-state index contributed by atoms with van der Waals surface area (Å²) in [7, 11) is 0. The number of aryl methyl sites for hydroxylation is 1. The van der Waals surface area contributed by atoms with Gasteiger partial charge in [0.15, 0.2) is 5.13 Å². The van der Waals surface area contributed by atoms with Gasteiger partial charge in [-0.1, -0.05) is 17.3 Å². The lowest BCUT2D eigenvalue weighted by Gasteiger charge is -2.08. The summed E-state index contributed by atoms with van der Waals surface area (Å²) >= 11 is 1.22. The number of pyridine rings is 1. The van der Waals surface area contributed by atoms with Crippen LogP contribution in [0.4, 0.5) is 18.3 Å². The molecular weight excluding hydrogens is 393 g/mol. The summed E-state index contributed by atoms with van der Waals surface area (Å²) in [5.41, 5.74) is 1.48. The summed E-state index contributed by atoms with van der Waals surface area (Å²) in [6.07, 6.45) is -1.21. The molecule has 0 saturated heterocycles. The van der Waals surface area contributed by atoms with E-state index < -0.39 is 18.6 Å². The van der Waals surface area contributed by atoms with Gasteiger partial charge in [-0.2, -0.15) is 13.2 Å². The van der Waals surface area contributed by atoms with Gasteiger partial charge in [0.25, 0.3) is 0 Å². The highest BCUT2D eigenvalue weighted by Crippen LogP contribution is 2.22. The molecule has 2 aromatic heterocycles. The third-order valence-electron chi connectivity index (χ3n) is 3.34. The Morgan fingerprint density at radius 3 is 2.50 bits per heavy atom. The fourth-order valence-corrected chi connectivity index (χ4v) is 2.84. The Kier molecular flexibility index (Phi) is 7.52. The topological polar surface area (TPSA) is 84.0 Å². The van der Waals surface area contributed by atoms with Crippen molar-refractivity contribution in [2.45, 2.75) is 32.4 Å². The average Bonchev–Trinajstić information content (AvgIpc) is 2.97. The van der Waals surface area contributed by atoms with Gasteiger partial charge in [0.1, 0.15) is 11.4 Å². The Labute approximate surface area is 163 Å². The van der Waals surface area contributed by atoms with E-state index in [0.717, 1.165) is 5.56 Å². The van der Waals surface area contributed by atoms with E-state index >= 15 is 0 Å². The molecule has 148 valence electrons. The second kappa shape index (κ2) is 9.85. The van der Waals surface area contributed by atoms with Crippen LogP contribution in [-0.2, 0) is 9.59 Å². The molecule has 0 unspecified atom stereocenters. The lowest BCUT2D eigenvalue weighted by atomic mass is 10.2. The van der Waals surface area contributed by atoms with Crippen molar-refractivity contribution in [2.24, 2.45) is 0 Å². The Hall–Kier alpha value is -2.93. The van der Waals surface area contributed by atoms with E-state index in [-0.39, 0.29) is 25.2 Å². The zero-order valence-corrected chi connectivity index (χ0v) is 15.7. The molecule has 2 aromatic rings. The molecule has 0 atom stereocenters. The van der Waals surface area contributed by atoms with E-state index in [1.807, 2.05) is 0 Å². The number of thiazole rings is 1. The van der Waals surface area contributed by atoms with Crippen LogP contribution >= 0.6 is 11.3 Å². The molecule has 2 amide bonds. The molecule has 10 heteroatoms. The number of halogens is 3. The van der Waals surface area contributed by atoms with Gasteiger partial charge in [-0.05, 0) is 31.4 Å². The largest absolute Gasteiger partial charge is 0.405 e. The second-order valence-electron chi connectivity index (χ2n) is 5.71. The Balaban J connectivity index is 1.80. The summed E-state index contributed by atoms with van der Waals surface area (Å²) in [6.45, 7) is 0.396. The Morgan fingerprint density at radius 1 is 1.14 bits per heavy atom. The van der Waals surface area contributed by atoms with Gasteiger partial charge in [-0.15, -0.1) is 0 Å². The highest BCUT2D eigenvalue weighted by molar-refractivity contribution is 7.16. The van der Waals surface area contributed by atoms with Crippen LogP contribution in [0.15, 0.2) is 24.5 Å². The van der Waals surface area contributed by atoms with Gasteiger partial charge in [0.05, 0.1) is 5.69 Å². The lowest BCUT2D eigenvalue weighted by molar-refractivity contribution is -0.138. The fourth-order valence-electron chi connectivity index (χ4n) is 2.01. The quantitative estimate of drug-likeness (QED) is 0.717. The number of nitrogens with one attached hydrogen (secondary N) is 2. The third kappa shape index (κ3) is 7.75. The van der Waals surface area contributed by atoms with Crippen LogP contribution < -0.4 is 10.6 Å². The number of hydrogen-bond donors (Lipinski definition) is 2. The molecule has 0 aliphatic carbocycles. The van der Waals surface area contributed by atoms with Crippen LogP contribution in [0.5, 0.6) is 0 Å². The molecule has 6 nitrogen and oxygen atoms in total. The average molecular weight is 410 g/mol. The zero-order valence-electron chi connectivity index (χ0n) is 14.9. The molecule has 0 fully saturated rings. The van der Waals surface area contributed by atoms with Gasteiger partial charge in [-0.25, -0.2) is 4.98 Å². The van der Waals surface area contributed by atoms with E-state index in [4.69, 9.17) is 0 Å². The van der Waals surface area contributed by atoms with E-state index in [2.05, 4.69) is 27.1 Å². The van der Waals surface area contributed by atoms with Crippen molar-refractivity contribution in [3.05, 3.63) is 40.7 Å². The molecule has 2 heterocycles. The highest BCUT2D eigenvalue weighted by atomic mass is 32.1. The zero-order chi connectivity index (χ0) is 20.6. The Morgan fingerprint density at radius 2 is 1.82 bits per heavy atom. The number of carbonyl (C=O) groups is 2. The number of rotatable bonds is 6. The summed E-state index contributed by atoms with van der Waals surface area (Å²) in [4.78, 5) is 32.1. The molecular formula is C18H17F3N4O2S. The van der Waals surface area contributed by atoms with Crippen molar-refractivity contribution in [2.75, 3.05) is 11.9 Å². The summed E-state index contributed by atoms with van der Waals surface area (Å²) in [5, 5.41) is 4.75. The molecule has 0 bridgehead atoms. The molecule has 0 spiro atoms. The maximum atomic E-state index is 12.0. The molecule has 2 N–H and O–H groups in total. The minimum Gasteiger partial charge on any atom is -0.347 e. The van der Waals surface area contributed by atoms with E-state index in [1.54, 1.807) is 36.8 Å². The monoisotopic (exact) mass is 410 g/mol. The van der Waals surface area contributed by atoms with Gasteiger partial charge in [-0.3, -0.25) is 14.6 Å². The number of aromatic nitrogens is 2. The first-order chi connectivity index (χ1) is 13.2. The summed E-state index contributed by atoms with van der Waals surface area (Å²) in [6, 6.07) is 3.55. The van der Waals surface area contributed by atoms with Crippen LogP contribution in [0.1, 0.15) is 35.4 Å². The van der Waals surface area contributed by atoms with Crippen molar-refractivity contribution in [1.29, 1.82) is 0 Å². The van der Waals surface area contributed by atoms with Crippen molar-refractivity contribution in [3.8, 4) is 11.8 Å². The van der Waals surface area contributed by atoms with Crippen molar-refractivity contribution in [1.82, 2.24) is 15.3 Å². The first-order valence-corrected chi connectivity index (χ1v) is 9.07. The minimum absolute atomic E-state index is 0.00388. The number of nitrogens with zero attached hydrogens (tertiary/aromatic N) is 2. The van der Waals surface area contributed by atoms with Crippen molar-refractivity contribution in [3.63, 3.8) is 0 Å². The number of hydrogen-bond acceptors (Lipinski definition) is 5. The normalized spacial score (nSPS) is 10.7. The summed E-state index contributed by atoms with van der Waals surface area (Å²) < 4.78 is 36.0. The summed E-state index contributed by atoms with van der Waals surface area (Å²) in [5.74, 6) is 4.85. The predicted molar refractivity (Wildman–Crippen MR) is 98.6 cm³/mol. The molecule has 0 aliphatic rings. The van der Waals surface area contributed by atoms with Crippen molar-refractivity contribution < 1.29 is 22.8 Å². The number of anilines is 1. The molecule has 0 radical (unpaired) electrons. The highest BCUT2D eigenvalue weighted by Gasteiger charge is 2.27. The van der Waals surface area contributed by atoms with Gasteiger partial charge in [0.2, 0.25) is 11.8 Å². The first kappa shape index (κ1) is 21.4. The maximum Gasteiger partial charge on any atom is 0.405 e. The second-order valence-corrected chi connectivity index (χ2v) is 6.71. The third-order valence-corrected chi connectivity index (χ3v) is 4.33. The standard InChI is InChI=1S/C18H17F3N4O2S/c1-12-14(6-5-13-7-9-22-10-8-13)28-17(24-12)25-16(27)4-2-3-15(26)23-11-18(19,20)21/h7-10H,2-4,11H2,1H3,(H,23,26)(H,24,25,27). The van der Waals surface area contributed by atoms with Crippen LogP contribution in [0.25, 0.3) is 0 Å². The molecule has 2 rings (SSSR count). The van der Waals surface area contributed by atoms with E-state index in [9.17, 15) is 22.8 Å². The van der Waals surface area contributed by atoms with E-state index in [0.29, 0.717) is 15.7 Å². The van der Waals surface area contributed by atoms with Gasteiger partial charge < -0.3 is 10.6 Å². The van der Waals surface area contributed by atoms with Crippen LogP contribution in [0.2, 0.25) is 0 Å². The fraction of sp³-hybridized carbons (Fsp3) is 0.333. The maximum absolute atomic E-state index is 12.0. The predicted octanol–water partition coefficient (Wildman–Crippen LogP) is 3.03. The first-order valence-electron chi connectivity index (χ1n) is 8.26. The number of carbonyl (C=O) groups excluding carboxylic acids is 2. The molecule has 0 aromatic carbocycles. The van der Waals surface area contributed by atoms with Crippen LogP contribution in [0.3, 0.4) is 0 Å². The van der Waals surface area contributed by atoms with Gasteiger partial charge in [0, 0.05) is 30.8 Å². The Bertz CT molecular complexity index is 886.